The molecule has 1 aromatic heterocycles. The highest BCUT2D eigenvalue weighted by Crippen LogP contribution is 2.32. The Labute approximate surface area is 254 Å². The maximum Gasteiger partial charge on any atom is 0.0486 e. The Hall–Kier alpha value is -2.63. The van der Waals surface area contributed by atoms with Crippen LogP contribution in [0, 0.1) is 0 Å². The Bertz CT molecular complexity index is 1330. The highest BCUT2D eigenvalue weighted by molar-refractivity contribution is 6.31. The molecule has 0 aliphatic heterocycles. The third-order valence-electron chi connectivity index (χ3n) is 8.02. The van der Waals surface area contributed by atoms with E-state index in [1.54, 1.807) is 0 Å². The highest BCUT2D eigenvalue weighted by Gasteiger charge is 2.19. The van der Waals surface area contributed by atoms with Gasteiger partial charge in [-0.25, -0.2) is 0 Å². The van der Waals surface area contributed by atoms with Gasteiger partial charge in [0.2, 0.25) is 0 Å². The number of nitrogens with two attached hydrogens (primary N) is 1. The molecule has 0 fully saturated rings. The van der Waals surface area contributed by atoms with Crippen molar-refractivity contribution in [3.63, 3.8) is 0 Å². The SMILES string of the molecule is CC.CCc1ccc(-c2cn(CCCN)c3ccc(CN(CC)CC(CC)N(C)Cc4ccccc4Cl)cc23)cc1. The molecule has 4 nitrogen and oxygen atoms in total. The van der Waals surface area contributed by atoms with Gasteiger partial charge in [-0.1, -0.05) is 94.8 Å². The number of hydrogen-bond acceptors (Lipinski definition) is 3. The number of rotatable bonds is 14. The number of halogens is 1. The van der Waals surface area contributed by atoms with Crippen LogP contribution in [0.4, 0.5) is 0 Å². The van der Waals surface area contributed by atoms with Gasteiger partial charge in [-0.15, -0.1) is 0 Å². The quantitative estimate of drug-likeness (QED) is 0.164. The average molecular weight is 575 g/mol. The molecule has 3 aromatic carbocycles. The van der Waals surface area contributed by atoms with E-state index in [-0.39, 0.29) is 0 Å². The van der Waals surface area contributed by atoms with E-state index < -0.39 is 0 Å². The summed E-state index contributed by atoms with van der Waals surface area (Å²) in [6, 6.07) is 24.7. The first-order valence-corrected chi connectivity index (χ1v) is 15.9. The molecular weight excluding hydrogens is 524 g/mol. The largest absolute Gasteiger partial charge is 0.347 e. The first-order chi connectivity index (χ1) is 20.0. The smallest absolute Gasteiger partial charge is 0.0486 e. The summed E-state index contributed by atoms with van der Waals surface area (Å²) in [5.74, 6) is 0. The molecule has 41 heavy (non-hydrogen) atoms. The van der Waals surface area contributed by atoms with Gasteiger partial charge >= 0.3 is 0 Å². The summed E-state index contributed by atoms with van der Waals surface area (Å²) in [6.45, 7) is 16.2. The molecule has 0 aliphatic rings. The Balaban J connectivity index is 0.00000226. The van der Waals surface area contributed by atoms with Crippen molar-refractivity contribution in [2.45, 2.75) is 79.6 Å². The van der Waals surface area contributed by atoms with Crippen LogP contribution < -0.4 is 5.73 Å². The lowest BCUT2D eigenvalue weighted by Gasteiger charge is -2.32. The summed E-state index contributed by atoms with van der Waals surface area (Å²) < 4.78 is 2.38. The van der Waals surface area contributed by atoms with Crippen molar-refractivity contribution in [2.75, 3.05) is 26.7 Å². The summed E-state index contributed by atoms with van der Waals surface area (Å²) in [5.41, 5.74) is 13.6. The molecule has 0 aliphatic carbocycles. The molecule has 0 spiro atoms. The van der Waals surface area contributed by atoms with Crippen LogP contribution in [0.5, 0.6) is 0 Å². The first kappa shape index (κ1) is 32.9. The van der Waals surface area contributed by atoms with E-state index >= 15 is 0 Å². The molecule has 0 saturated carbocycles. The third kappa shape index (κ3) is 8.68. The second-order valence-electron chi connectivity index (χ2n) is 10.7. The number of hydrogen-bond donors (Lipinski definition) is 1. The molecule has 0 bridgehead atoms. The topological polar surface area (TPSA) is 37.4 Å². The van der Waals surface area contributed by atoms with E-state index in [9.17, 15) is 0 Å². The van der Waals surface area contributed by atoms with Crippen molar-refractivity contribution in [1.29, 1.82) is 0 Å². The zero-order valence-electron chi connectivity index (χ0n) is 26.2. The number of aryl methyl sites for hydroxylation is 2. The van der Waals surface area contributed by atoms with E-state index in [4.69, 9.17) is 17.3 Å². The van der Waals surface area contributed by atoms with E-state index in [2.05, 4.69) is 103 Å². The van der Waals surface area contributed by atoms with Crippen LogP contribution in [0.2, 0.25) is 5.02 Å². The van der Waals surface area contributed by atoms with Gasteiger partial charge in [-0.05, 0) is 79.9 Å². The summed E-state index contributed by atoms with van der Waals surface area (Å²) >= 11 is 6.46. The van der Waals surface area contributed by atoms with Crippen LogP contribution in [0.15, 0.2) is 72.9 Å². The van der Waals surface area contributed by atoms with Crippen LogP contribution >= 0.6 is 11.6 Å². The summed E-state index contributed by atoms with van der Waals surface area (Å²) in [5, 5.41) is 2.17. The predicted molar refractivity (Wildman–Crippen MR) is 180 cm³/mol. The summed E-state index contributed by atoms with van der Waals surface area (Å²) in [4.78, 5) is 5.02. The minimum absolute atomic E-state index is 0.454. The molecule has 1 unspecified atom stereocenters. The van der Waals surface area contributed by atoms with Crippen molar-refractivity contribution in [3.8, 4) is 11.1 Å². The van der Waals surface area contributed by atoms with Gasteiger partial charge < -0.3 is 10.3 Å². The number of benzene rings is 3. The molecule has 5 heteroatoms. The second kappa shape index (κ2) is 16.7. The molecule has 1 atom stereocenters. The van der Waals surface area contributed by atoms with Gasteiger partial charge in [0.1, 0.15) is 0 Å². The van der Waals surface area contributed by atoms with Crippen molar-refractivity contribution in [2.24, 2.45) is 5.73 Å². The Morgan fingerprint density at radius 3 is 2.24 bits per heavy atom. The predicted octanol–water partition coefficient (Wildman–Crippen LogP) is 8.63. The second-order valence-corrected chi connectivity index (χ2v) is 11.1. The molecule has 2 N–H and O–H groups in total. The number of fused-ring (bicyclic) bond motifs is 1. The molecule has 222 valence electrons. The number of aromatic nitrogens is 1. The molecule has 1 heterocycles. The van der Waals surface area contributed by atoms with Crippen molar-refractivity contribution in [1.82, 2.24) is 14.4 Å². The number of nitrogens with zero attached hydrogens (tertiary/aromatic N) is 3. The molecule has 0 amide bonds. The summed E-state index contributed by atoms with van der Waals surface area (Å²) in [7, 11) is 2.22. The van der Waals surface area contributed by atoms with Crippen LogP contribution in [0.1, 0.15) is 64.2 Å². The summed E-state index contributed by atoms with van der Waals surface area (Å²) in [6.07, 6.45) is 5.45. The molecular formula is C36H51ClN4. The number of likely N-dealkylation sites (N-methyl/N-ethyl adjacent to an activating group) is 2. The average Bonchev–Trinajstić information content (AvgIpc) is 3.37. The fourth-order valence-electron chi connectivity index (χ4n) is 5.51. The lowest BCUT2D eigenvalue weighted by molar-refractivity contribution is 0.152. The standard InChI is InChI=1S/C34H45ClN4.C2H6/c1-5-26-13-16-28(17-14-26)32-25-39(20-10-19-36)34-18-15-27(21-31(32)34)22-38(7-3)24-30(6-2)37(4)23-29-11-8-9-12-33(29)35;1-2/h8-9,11-18,21,25,30H,5-7,10,19-20,22-24,36H2,1-4H3;1-2H3. The maximum absolute atomic E-state index is 6.46. The fourth-order valence-corrected chi connectivity index (χ4v) is 5.70. The Kier molecular flexibility index (Phi) is 13.4. The van der Waals surface area contributed by atoms with Crippen molar-refractivity contribution >= 4 is 22.5 Å². The van der Waals surface area contributed by atoms with Gasteiger partial charge in [0.05, 0.1) is 0 Å². The molecule has 4 rings (SSSR count). The fraction of sp³-hybridized carbons (Fsp3) is 0.444. The molecule has 4 aromatic rings. The van der Waals surface area contributed by atoms with Crippen LogP contribution in [0.25, 0.3) is 22.0 Å². The lowest BCUT2D eigenvalue weighted by atomic mass is 10.0. The van der Waals surface area contributed by atoms with Crippen LogP contribution in [0.3, 0.4) is 0 Å². The first-order valence-electron chi connectivity index (χ1n) is 15.5. The third-order valence-corrected chi connectivity index (χ3v) is 8.39. The van der Waals surface area contributed by atoms with Gasteiger partial charge in [-0.2, -0.15) is 0 Å². The van der Waals surface area contributed by atoms with E-state index in [0.717, 1.165) is 57.0 Å². The highest BCUT2D eigenvalue weighted by atomic mass is 35.5. The molecule has 0 radical (unpaired) electrons. The Morgan fingerprint density at radius 1 is 0.902 bits per heavy atom. The monoisotopic (exact) mass is 574 g/mol. The van der Waals surface area contributed by atoms with E-state index in [1.807, 2.05) is 26.0 Å². The minimum Gasteiger partial charge on any atom is -0.347 e. The van der Waals surface area contributed by atoms with Crippen LogP contribution in [-0.4, -0.2) is 47.1 Å². The maximum atomic E-state index is 6.46. The zero-order valence-corrected chi connectivity index (χ0v) is 26.9. The lowest BCUT2D eigenvalue weighted by Crippen LogP contribution is -2.41. The normalized spacial score (nSPS) is 12.1. The van der Waals surface area contributed by atoms with Gasteiger partial charge in [0.15, 0.2) is 0 Å². The van der Waals surface area contributed by atoms with Gasteiger partial charge in [0.25, 0.3) is 0 Å². The molecule has 0 saturated heterocycles. The zero-order chi connectivity index (χ0) is 29.8. The van der Waals surface area contributed by atoms with Gasteiger partial charge in [-0.3, -0.25) is 9.80 Å². The Morgan fingerprint density at radius 2 is 1.61 bits per heavy atom. The van der Waals surface area contributed by atoms with E-state index in [0.29, 0.717) is 12.6 Å². The van der Waals surface area contributed by atoms with Crippen molar-refractivity contribution < 1.29 is 0 Å². The van der Waals surface area contributed by atoms with Crippen molar-refractivity contribution in [3.05, 3.63) is 94.6 Å². The van der Waals surface area contributed by atoms with E-state index in [1.165, 1.54) is 38.7 Å². The minimum atomic E-state index is 0.454. The van der Waals surface area contributed by atoms with Crippen LogP contribution in [-0.2, 0) is 26.1 Å². The van der Waals surface area contributed by atoms with Gasteiger partial charge in [0, 0.05) is 59.9 Å².